The minimum absolute atomic E-state index is 0.230. The Morgan fingerprint density at radius 1 is 0.760 bits per heavy atom. The molecule has 5 nitrogen and oxygen atoms in total. The normalized spacial score (nSPS) is 8.56. The Labute approximate surface area is 200 Å². The number of hydrogen-bond donors (Lipinski definition) is 7. The van der Waals surface area contributed by atoms with Crippen molar-refractivity contribution in [1.82, 2.24) is 26.6 Å². The summed E-state index contributed by atoms with van der Waals surface area (Å²) in [7, 11) is 9.90. The van der Waals surface area contributed by atoms with Gasteiger partial charge in [-0.15, -0.1) is 25.3 Å². The van der Waals surface area contributed by atoms with Crippen molar-refractivity contribution in [2.45, 2.75) is 9.88 Å². The second-order valence-electron chi connectivity index (χ2n) is 4.31. The summed E-state index contributed by atoms with van der Waals surface area (Å²) in [5, 5.41) is 15.9. The number of thiol groups is 2. The summed E-state index contributed by atoms with van der Waals surface area (Å²) in [5.41, 5.74) is 0. The van der Waals surface area contributed by atoms with Gasteiger partial charge in [0.2, 0.25) is 0 Å². The molecule has 0 fully saturated rings. The first-order valence-corrected chi connectivity index (χ1v) is 22.9. The molecule has 0 radical (unpaired) electrons. The summed E-state index contributed by atoms with van der Waals surface area (Å²) in [4.78, 5) is 4.59. The Morgan fingerprint density at radius 2 is 0.960 bits per heavy atom. The van der Waals surface area contributed by atoms with Crippen LogP contribution in [-0.2, 0) is 15.1 Å². The number of rotatable bonds is 12. The zero-order valence-corrected chi connectivity index (χ0v) is 25.6. The van der Waals surface area contributed by atoms with Gasteiger partial charge in [-0.2, -0.15) is 0 Å². The molecule has 0 aromatic carbocycles. The van der Waals surface area contributed by atoms with E-state index in [1.165, 1.54) is 0 Å². The second kappa shape index (κ2) is 31.1. The average Bonchev–Trinajstić information content (AvgIpc) is 2.53. The Balaban J connectivity index is -0.000000700. The van der Waals surface area contributed by atoms with E-state index in [1.54, 1.807) is 0 Å². The summed E-state index contributed by atoms with van der Waals surface area (Å²) in [6, 6.07) is 0. The number of thiocarbonyl (C=S) groups is 2. The van der Waals surface area contributed by atoms with E-state index >= 15 is 0 Å². The molecule has 0 spiro atoms. The van der Waals surface area contributed by atoms with Crippen LogP contribution in [0.1, 0.15) is 0 Å². The van der Waals surface area contributed by atoms with Gasteiger partial charge in [-0.3, -0.25) is 0 Å². The number of hydrogen-bond acceptors (Lipinski definition) is 5. The zero-order chi connectivity index (χ0) is 19.8. The summed E-state index contributed by atoms with van der Waals surface area (Å²) in [6.45, 7) is 7.17. The Morgan fingerprint density at radius 3 is 1.16 bits per heavy atom. The summed E-state index contributed by atoms with van der Waals surface area (Å²) >= 11 is 16.8. The zero-order valence-electron chi connectivity index (χ0n) is 14.8. The van der Waals surface area contributed by atoms with E-state index in [4.69, 9.17) is 43.8 Å². The Kier molecular flexibility index (Phi) is 39.8. The molecule has 0 bridgehead atoms. The van der Waals surface area contributed by atoms with Gasteiger partial charge in [-0.1, -0.05) is 24.4 Å². The van der Waals surface area contributed by atoms with Crippen LogP contribution in [-0.4, -0.2) is 82.1 Å². The molecule has 144 valence electrons. The summed E-state index contributed by atoms with van der Waals surface area (Å²) in [5.74, 6) is 0. The van der Waals surface area contributed by atoms with E-state index in [-0.39, 0.29) is 21.1 Å². The van der Waals surface area contributed by atoms with Crippen LogP contribution in [0.25, 0.3) is 0 Å². The van der Waals surface area contributed by atoms with Gasteiger partial charge in [0.1, 0.15) is 8.64 Å². The fourth-order valence-corrected chi connectivity index (χ4v) is 1.67. The van der Waals surface area contributed by atoms with Crippen LogP contribution in [0, 0.1) is 0 Å². The fourth-order valence-electron chi connectivity index (χ4n) is 1.24. The molecule has 0 saturated carbocycles. The van der Waals surface area contributed by atoms with Crippen molar-refractivity contribution in [3.05, 3.63) is 0 Å². The van der Waals surface area contributed by atoms with Crippen molar-refractivity contribution in [1.29, 1.82) is 0 Å². The third-order valence-corrected chi connectivity index (χ3v) is 2.72. The molecule has 5 N–H and O–H groups in total. The van der Waals surface area contributed by atoms with Gasteiger partial charge in [0.05, 0.1) is 0 Å². The first-order chi connectivity index (χ1) is 12.0. The van der Waals surface area contributed by atoms with Gasteiger partial charge >= 0.3 is 65.5 Å². The molecular formula is C12H29Cl2N5S4SnZn+2. The van der Waals surface area contributed by atoms with Crippen molar-refractivity contribution in [2.24, 2.45) is 0 Å². The van der Waals surface area contributed by atoms with Crippen LogP contribution in [0.4, 0.5) is 0 Å². The van der Waals surface area contributed by atoms with Crippen LogP contribution in [0.2, 0.25) is 9.88 Å². The molecule has 0 heterocycles. The third kappa shape index (κ3) is 46.4. The predicted octanol–water partition coefficient (Wildman–Crippen LogP) is 1.53. The van der Waals surface area contributed by atoms with Crippen molar-refractivity contribution in [3.63, 3.8) is 0 Å². The topological polar surface area (TPSA) is 60.1 Å². The van der Waals surface area contributed by atoms with E-state index in [0.717, 1.165) is 52.4 Å². The first kappa shape index (κ1) is 32.0. The Bertz CT molecular complexity index is 274. The van der Waals surface area contributed by atoms with Crippen molar-refractivity contribution in [2.75, 3.05) is 52.4 Å². The molecule has 0 atom stereocenters. The minimum atomic E-state index is -0.931. The van der Waals surface area contributed by atoms with Crippen molar-refractivity contribution < 1.29 is 15.1 Å². The van der Waals surface area contributed by atoms with Crippen molar-refractivity contribution in [3.8, 4) is 0 Å². The standard InChI is InChI=1S/C10H23N5S4.2CH3.2ClH.Sn.Zn/c16-9(17)14-7-5-12-3-1-11-2-4-13-6-8-15-10(18)19;;;;;;/h11-13H,1-8H2,(H2,14,16,17)(H2,15,18,19);2*1H3;2*1H;;/q;;;;;2*+2/p-2. The molecule has 0 aliphatic carbocycles. The van der Waals surface area contributed by atoms with Gasteiger partial charge in [-0.25, -0.2) is 0 Å². The van der Waals surface area contributed by atoms with Gasteiger partial charge in [-0.05, 0) is 0 Å². The van der Waals surface area contributed by atoms with Gasteiger partial charge in [0, 0.05) is 52.4 Å². The van der Waals surface area contributed by atoms with Crippen molar-refractivity contribution >= 4 is 98.9 Å². The molecule has 0 aromatic rings. The second-order valence-corrected chi connectivity index (χ2v) is 14.1. The quantitative estimate of drug-likeness (QED) is 0.0769. The molecule has 0 unspecified atom stereocenters. The number of nitrogens with one attached hydrogen (secondary N) is 5. The molecule has 0 aliphatic rings. The molecule has 25 heavy (non-hydrogen) atoms. The molecule has 13 heteroatoms. The van der Waals surface area contributed by atoms with Gasteiger partial charge in [0.25, 0.3) is 0 Å². The van der Waals surface area contributed by atoms with E-state index < -0.39 is 15.1 Å². The average molecular weight is 627 g/mol. The van der Waals surface area contributed by atoms with Gasteiger partial charge in [0.15, 0.2) is 0 Å². The van der Waals surface area contributed by atoms with E-state index in [2.05, 4.69) is 61.7 Å². The maximum absolute atomic E-state index is 4.95. The van der Waals surface area contributed by atoms with Crippen LogP contribution < -0.4 is 26.6 Å². The van der Waals surface area contributed by atoms with Crippen LogP contribution in [0.15, 0.2) is 0 Å². The van der Waals surface area contributed by atoms with Crippen LogP contribution in [0.5, 0.6) is 0 Å². The van der Waals surface area contributed by atoms with Crippen LogP contribution >= 0.6 is 69.1 Å². The summed E-state index contributed by atoms with van der Waals surface area (Å²) in [6.07, 6.45) is 0. The van der Waals surface area contributed by atoms with Crippen LogP contribution in [0.3, 0.4) is 0 Å². The molecule has 0 aliphatic heterocycles. The van der Waals surface area contributed by atoms with E-state index in [9.17, 15) is 0 Å². The van der Waals surface area contributed by atoms with E-state index in [1.807, 2.05) is 0 Å². The van der Waals surface area contributed by atoms with E-state index in [0.29, 0.717) is 8.64 Å². The SMILES string of the molecule is S=C(S)NCCNCCNCCNCCNC(=S)S.[CH3][Sn+2][CH3].[Cl][Zn][Cl]. The monoisotopic (exact) mass is 625 g/mol. The molecule has 0 rings (SSSR count). The number of halogens is 2. The molecule has 0 saturated heterocycles. The fraction of sp³-hybridized carbons (Fsp3) is 0.833. The maximum atomic E-state index is 4.95. The molecular weight excluding hydrogens is 597 g/mol. The summed E-state index contributed by atoms with van der Waals surface area (Å²) < 4.78 is 1.08. The van der Waals surface area contributed by atoms with Gasteiger partial charge < -0.3 is 26.6 Å². The third-order valence-electron chi connectivity index (χ3n) is 2.11. The Hall–Kier alpha value is 2.36. The first-order valence-electron chi connectivity index (χ1n) is 7.72. The molecule has 0 amide bonds. The predicted molar refractivity (Wildman–Crippen MR) is 127 cm³/mol. The molecule has 0 aromatic heterocycles.